The molecule has 0 spiro atoms. The number of nitrogens with zero attached hydrogens (tertiary/aromatic N) is 2. The summed E-state index contributed by atoms with van der Waals surface area (Å²) in [6, 6.07) is 12.4. The second-order valence-electron chi connectivity index (χ2n) is 8.49. The third kappa shape index (κ3) is 5.42. The summed E-state index contributed by atoms with van der Waals surface area (Å²) >= 11 is 0. The Labute approximate surface area is 193 Å². The van der Waals surface area contributed by atoms with E-state index in [2.05, 4.69) is 10.3 Å². The van der Waals surface area contributed by atoms with E-state index in [4.69, 9.17) is 9.84 Å². The molecule has 1 saturated carbocycles. The first kappa shape index (κ1) is 22.6. The fourth-order valence-electron chi connectivity index (χ4n) is 4.39. The molecule has 2 aromatic heterocycles. The van der Waals surface area contributed by atoms with Crippen LogP contribution < -0.4 is 10.1 Å². The quantitative estimate of drug-likeness (QED) is 0.488. The highest BCUT2D eigenvalue weighted by atomic mass is 16.5. The molecular weight excluding hydrogens is 418 g/mol. The summed E-state index contributed by atoms with van der Waals surface area (Å²) in [6.45, 7) is 2.45. The number of hydrogen-bond acceptors (Lipinski definition) is 4. The molecule has 33 heavy (non-hydrogen) atoms. The number of pyridine rings is 1. The molecule has 3 aromatic rings. The molecule has 2 heterocycles. The normalized spacial score (nSPS) is 15.5. The number of carboxylic acids is 1. The van der Waals surface area contributed by atoms with Gasteiger partial charge in [0.25, 0.3) is 5.91 Å². The van der Waals surface area contributed by atoms with Crippen LogP contribution in [-0.4, -0.2) is 33.0 Å². The van der Waals surface area contributed by atoms with Crippen molar-refractivity contribution in [2.24, 2.45) is 5.92 Å². The summed E-state index contributed by atoms with van der Waals surface area (Å²) in [4.78, 5) is 29.0. The zero-order valence-corrected chi connectivity index (χ0v) is 18.7. The highest BCUT2D eigenvalue weighted by Gasteiger charge is 2.22. The Balaban J connectivity index is 1.58. The van der Waals surface area contributed by atoms with Crippen LogP contribution in [0.25, 0.3) is 5.65 Å². The van der Waals surface area contributed by atoms with Gasteiger partial charge in [0.15, 0.2) is 11.4 Å². The van der Waals surface area contributed by atoms with E-state index in [-0.39, 0.29) is 5.91 Å². The monoisotopic (exact) mass is 447 g/mol. The van der Waals surface area contributed by atoms with Gasteiger partial charge >= 0.3 is 5.97 Å². The topological polar surface area (TPSA) is 92.9 Å². The number of amides is 1. The molecule has 1 aromatic carbocycles. The molecule has 1 amide bonds. The van der Waals surface area contributed by atoms with E-state index in [1.165, 1.54) is 38.2 Å². The van der Waals surface area contributed by atoms with Crippen LogP contribution in [0.1, 0.15) is 59.9 Å². The van der Waals surface area contributed by atoms with Crippen LogP contribution in [0.3, 0.4) is 0 Å². The minimum absolute atomic E-state index is 0.340. The predicted octanol–water partition coefficient (Wildman–Crippen LogP) is 4.71. The summed E-state index contributed by atoms with van der Waals surface area (Å²) < 4.78 is 7.87. The summed E-state index contributed by atoms with van der Waals surface area (Å²) in [7, 11) is 0. The maximum atomic E-state index is 13.3. The van der Waals surface area contributed by atoms with Crippen LogP contribution in [0.4, 0.5) is 0 Å². The van der Waals surface area contributed by atoms with Crippen LogP contribution in [0.5, 0.6) is 5.75 Å². The maximum absolute atomic E-state index is 13.3. The van der Waals surface area contributed by atoms with Gasteiger partial charge in [-0.15, -0.1) is 0 Å². The third-order valence-corrected chi connectivity index (χ3v) is 6.08. The van der Waals surface area contributed by atoms with Gasteiger partial charge < -0.3 is 15.2 Å². The Kier molecular flexibility index (Phi) is 7.07. The SMILES string of the molecule is Cc1nc2c(OCC3CCCCC3)cccn2c1C(=O)N[C@@H](/C=C/C(=O)O)c1ccccc1. The van der Waals surface area contributed by atoms with Crippen LogP contribution in [-0.2, 0) is 4.79 Å². The van der Waals surface area contributed by atoms with Gasteiger partial charge in [0.05, 0.1) is 18.3 Å². The summed E-state index contributed by atoms with van der Waals surface area (Å²) in [6.07, 6.45) is 10.5. The number of nitrogens with one attached hydrogen (secondary N) is 1. The number of aromatic nitrogens is 2. The van der Waals surface area contributed by atoms with Crippen molar-refractivity contribution in [3.05, 3.63) is 77.8 Å². The van der Waals surface area contributed by atoms with Crippen LogP contribution in [0.2, 0.25) is 0 Å². The molecule has 0 bridgehead atoms. The minimum atomic E-state index is -1.07. The lowest BCUT2D eigenvalue weighted by atomic mass is 9.90. The zero-order valence-electron chi connectivity index (χ0n) is 18.7. The highest BCUT2D eigenvalue weighted by molar-refractivity contribution is 5.95. The molecule has 7 heteroatoms. The molecule has 1 fully saturated rings. The fraction of sp³-hybridized carbons (Fsp3) is 0.346. The van der Waals surface area contributed by atoms with Crippen LogP contribution in [0.15, 0.2) is 60.8 Å². The lowest BCUT2D eigenvalue weighted by molar-refractivity contribution is -0.131. The average Bonchev–Trinajstić information content (AvgIpc) is 3.17. The molecular formula is C26H29N3O4. The summed E-state index contributed by atoms with van der Waals surface area (Å²) in [5, 5.41) is 12.0. The van der Waals surface area contributed by atoms with E-state index in [1.807, 2.05) is 42.5 Å². The standard InChI is InChI=1S/C26H29N3O4/c1-18-24(26(32)28-21(14-15-23(30)31)20-11-6-3-7-12-20)29-16-8-13-22(25(29)27-18)33-17-19-9-4-2-5-10-19/h3,6-8,11-16,19,21H,2,4-5,9-10,17H2,1H3,(H,28,32)(H,30,31)/b15-14+/t21-/m0/s1. The second kappa shape index (κ2) is 10.3. The molecule has 0 unspecified atom stereocenters. The molecule has 1 atom stereocenters. The Morgan fingerprint density at radius 2 is 1.94 bits per heavy atom. The summed E-state index contributed by atoms with van der Waals surface area (Å²) in [5.41, 5.74) is 2.37. The Morgan fingerprint density at radius 1 is 1.18 bits per heavy atom. The average molecular weight is 448 g/mol. The van der Waals surface area contributed by atoms with E-state index in [1.54, 1.807) is 17.5 Å². The predicted molar refractivity (Wildman–Crippen MR) is 125 cm³/mol. The van der Waals surface area contributed by atoms with Crippen molar-refractivity contribution in [1.29, 1.82) is 0 Å². The third-order valence-electron chi connectivity index (χ3n) is 6.08. The Hall–Kier alpha value is -3.61. The van der Waals surface area contributed by atoms with Gasteiger partial charge in [0.2, 0.25) is 0 Å². The number of carbonyl (C=O) groups is 2. The van der Waals surface area contributed by atoms with E-state index < -0.39 is 12.0 Å². The van der Waals surface area contributed by atoms with E-state index in [0.29, 0.717) is 35.3 Å². The zero-order chi connectivity index (χ0) is 23.2. The van der Waals surface area contributed by atoms with Crippen molar-refractivity contribution in [2.75, 3.05) is 6.61 Å². The molecule has 2 N–H and O–H groups in total. The Bertz CT molecular complexity index is 1150. The van der Waals surface area contributed by atoms with Crippen molar-refractivity contribution in [2.45, 2.75) is 45.1 Å². The Morgan fingerprint density at radius 3 is 2.67 bits per heavy atom. The molecule has 1 aliphatic rings. The van der Waals surface area contributed by atoms with Gasteiger partial charge in [-0.1, -0.05) is 55.7 Å². The number of hydrogen-bond donors (Lipinski definition) is 2. The van der Waals surface area contributed by atoms with E-state index >= 15 is 0 Å². The van der Waals surface area contributed by atoms with Gasteiger partial charge in [-0.2, -0.15) is 0 Å². The summed E-state index contributed by atoms with van der Waals surface area (Å²) in [5.74, 6) is -0.190. The van der Waals surface area contributed by atoms with Gasteiger partial charge in [-0.05, 0) is 43.4 Å². The van der Waals surface area contributed by atoms with Crippen molar-refractivity contribution >= 4 is 17.5 Å². The lowest BCUT2D eigenvalue weighted by Crippen LogP contribution is -2.29. The largest absolute Gasteiger partial charge is 0.489 e. The maximum Gasteiger partial charge on any atom is 0.328 e. The van der Waals surface area contributed by atoms with Crippen LogP contribution in [0, 0.1) is 12.8 Å². The van der Waals surface area contributed by atoms with Crippen molar-refractivity contribution in [3.8, 4) is 5.75 Å². The smallest absolute Gasteiger partial charge is 0.328 e. The number of imidazole rings is 1. The van der Waals surface area contributed by atoms with Crippen molar-refractivity contribution < 1.29 is 19.4 Å². The number of aryl methyl sites for hydroxylation is 1. The number of benzene rings is 1. The first-order chi connectivity index (χ1) is 16.0. The number of ether oxygens (including phenoxy) is 1. The number of carboxylic acid groups (broad SMARTS) is 1. The lowest BCUT2D eigenvalue weighted by Gasteiger charge is -2.21. The van der Waals surface area contributed by atoms with Gasteiger partial charge in [0, 0.05) is 12.3 Å². The molecule has 0 aliphatic heterocycles. The number of carbonyl (C=O) groups excluding carboxylic acids is 1. The van der Waals surface area contributed by atoms with Gasteiger partial charge in [-0.3, -0.25) is 9.20 Å². The first-order valence-corrected chi connectivity index (χ1v) is 11.4. The molecule has 172 valence electrons. The van der Waals surface area contributed by atoms with E-state index in [0.717, 1.165) is 11.6 Å². The number of fused-ring (bicyclic) bond motifs is 1. The molecule has 0 radical (unpaired) electrons. The van der Waals surface area contributed by atoms with E-state index in [9.17, 15) is 9.59 Å². The van der Waals surface area contributed by atoms with Gasteiger partial charge in [0.1, 0.15) is 5.69 Å². The molecule has 1 aliphatic carbocycles. The molecule has 0 saturated heterocycles. The highest BCUT2D eigenvalue weighted by Crippen LogP contribution is 2.27. The van der Waals surface area contributed by atoms with Crippen LogP contribution >= 0.6 is 0 Å². The van der Waals surface area contributed by atoms with Crippen molar-refractivity contribution in [1.82, 2.24) is 14.7 Å². The number of rotatable bonds is 8. The number of aliphatic carboxylic acids is 1. The van der Waals surface area contributed by atoms with Crippen molar-refractivity contribution in [3.63, 3.8) is 0 Å². The minimum Gasteiger partial charge on any atom is -0.489 e. The van der Waals surface area contributed by atoms with Gasteiger partial charge in [-0.25, -0.2) is 9.78 Å². The first-order valence-electron chi connectivity index (χ1n) is 11.4. The molecule has 4 rings (SSSR count). The second-order valence-corrected chi connectivity index (χ2v) is 8.49. The molecule has 7 nitrogen and oxygen atoms in total. The fourth-order valence-corrected chi connectivity index (χ4v) is 4.39.